The number of rotatable bonds is 3. The van der Waals surface area contributed by atoms with Crippen LogP contribution in [0.4, 0.5) is 0 Å². The van der Waals surface area contributed by atoms with Crippen molar-refractivity contribution in [3.05, 3.63) is 158 Å². The molecule has 3 heteroatoms. The van der Waals surface area contributed by atoms with E-state index in [2.05, 4.69) is 155 Å². The smallest absolute Gasteiger partial charge is 0.136 e. The standard InChI is InChI=1S/C42H26N2O/c1-2-12-28(13-3-1)43-36-19-9-5-15-30(36)33-24-25-38-41(42(33)43)34-17-6-10-20-37(34)44(38)35-18-8-4-14-29(35)27-22-23-32-31-16-7-11-21-39(31)45-40(32)26-27/h1-26H. The molecule has 3 heterocycles. The molecule has 0 bridgehead atoms. The highest BCUT2D eigenvalue weighted by molar-refractivity contribution is 6.26. The number of fused-ring (bicyclic) bond motifs is 10. The Balaban J connectivity index is 1.31. The highest BCUT2D eigenvalue weighted by atomic mass is 16.3. The first-order valence-corrected chi connectivity index (χ1v) is 15.4. The average molecular weight is 575 g/mol. The summed E-state index contributed by atoms with van der Waals surface area (Å²) in [4.78, 5) is 0. The lowest BCUT2D eigenvalue weighted by Gasteiger charge is -2.14. The van der Waals surface area contributed by atoms with Gasteiger partial charge in [0.05, 0.1) is 27.8 Å². The number of hydrogen-bond donors (Lipinski definition) is 0. The number of hydrogen-bond acceptors (Lipinski definition) is 1. The fourth-order valence-corrected chi connectivity index (χ4v) is 7.42. The molecule has 0 fully saturated rings. The first-order valence-electron chi connectivity index (χ1n) is 15.4. The van der Waals surface area contributed by atoms with Crippen molar-refractivity contribution in [1.29, 1.82) is 0 Å². The van der Waals surface area contributed by atoms with Gasteiger partial charge in [-0.1, -0.05) is 103 Å². The van der Waals surface area contributed by atoms with Crippen LogP contribution < -0.4 is 0 Å². The molecule has 0 unspecified atom stereocenters. The minimum absolute atomic E-state index is 0.903. The predicted molar refractivity (Wildman–Crippen MR) is 188 cm³/mol. The van der Waals surface area contributed by atoms with Crippen LogP contribution in [-0.4, -0.2) is 9.13 Å². The topological polar surface area (TPSA) is 23.0 Å². The summed E-state index contributed by atoms with van der Waals surface area (Å²) in [5, 5.41) is 7.29. The second kappa shape index (κ2) is 9.22. The van der Waals surface area contributed by atoms with Gasteiger partial charge in [0.25, 0.3) is 0 Å². The first kappa shape index (κ1) is 24.4. The lowest BCUT2D eigenvalue weighted by Crippen LogP contribution is -1.97. The Kier molecular flexibility index (Phi) is 5.00. The predicted octanol–water partition coefficient (Wildman–Crippen LogP) is 11.4. The Morgan fingerprint density at radius 1 is 0.400 bits per heavy atom. The Morgan fingerprint density at radius 3 is 1.91 bits per heavy atom. The monoisotopic (exact) mass is 574 g/mol. The number of aromatic nitrogens is 2. The molecule has 3 nitrogen and oxygen atoms in total. The summed E-state index contributed by atoms with van der Waals surface area (Å²) < 4.78 is 11.2. The Labute approximate surface area is 258 Å². The van der Waals surface area contributed by atoms with Crippen molar-refractivity contribution in [2.75, 3.05) is 0 Å². The van der Waals surface area contributed by atoms with Crippen molar-refractivity contribution in [3.63, 3.8) is 0 Å². The largest absolute Gasteiger partial charge is 0.456 e. The molecule has 210 valence electrons. The summed E-state index contributed by atoms with van der Waals surface area (Å²) in [7, 11) is 0. The first-order chi connectivity index (χ1) is 22.3. The molecule has 3 aromatic heterocycles. The lowest BCUT2D eigenvalue weighted by atomic mass is 10.0. The Bertz CT molecular complexity index is 2760. The molecule has 0 aliphatic rings. The zero-order chi connectivity index (χ0) is 29.5. The minimum Gasteiger partial charge on any atom is -0.456 e. The van der Waals surface area contributed by atoms with Crippen molar-refractivity contribution < 1.29 is 4.42 Å². The maximum absolute atomic E-state index is 6.31. The summed E-state index contributed by atoms with van der Waals surface area (Å²) in [6.45, 7) is 0. The van der Waals surface area contributed by atoms with Gasteiger partial charge >= 0.3 is 0 Å². The number of benzene rings is 7. The Hall–Kier alpha value is -6.06. The molecule has 7 aromatic carbocycles. The van der Waals surface area contributed by atoms with Crippen molar-refractivity contribution in [2.45, 2.75) is 0 Å². The highest BCUT2D eigenvalue weighted by Crippen LogP contribution is 2.43. The fourth-order valence-electron chi connectivity index (χ4n) is 7.42. The molecule has 0 amide bonds. The molecule has 10 aromatic rings. The van der Waals surface area contributed by atoms with E-state index in [0.717, 1.165) is 44.4 Å². The quantitative estimate of drug-likeness (QED) is 0.206. The molecule has 0 aliphatic heterocycles. The molecule has 10 rings (SSSR count). The van der Waals surface area contributed by atoms with E-state index in [0.29, 0.717) is 0 Å². The van der Waals surface area contributed by atoms with Crippen molar-refractivity contribution >= 4 is 65.6 Å². The van der Waals surface area contributed by atoms with Gasteiger partial charge in [0.15, 0.2) is 0 Å². The van der Waals surface area contributed by atoms with Gasteiger partial charge in [-0.3, -0.25) is 0 Å². The van der Waals surface area contributed by atoms with Gasteiger partial charge < -0.3 is 13.6 Å². The summed E-state index contributed by atoms with van der Waals surface area (Å²) in [5.41, 5.74) is 11.2. The van der Waals surface area contributed by atoms with Crippen LogP contribution >= 0.6 is 0 Å². The van der Waals surface area contributed by atoms with E-state index in [-0.39, 0.29) is 0 Å². The summed E-state index contributed by atoms with van der Waals surface area (Å²) in [5.74, 6) is 0. The van der Waals surface area contributed by atoms with Crippen LogP contribution in [0.1, 0.15) is 0 Å². The summed E-state index contributed by atoms with van der Waals surface area (Å²) in [6, 6.07) is 56.5. The third kappa shape index (κ3) is 3.41. The minimum atomic E-state index is 0.903. The normalized spacial score (nSPS) is 12.0. The molecule has 0 N–H and O–H groups in total. The second-order valence-electron chi connectivity index (χ2n) is 11.7. The molecular weight excluding hydrogens is 548 g/mol. The molecular formula is C42H26N2O. The maximum atomic E-state index is 6.31. The molecule has 0 spiro atoms. The zero-order valence-electron chi connectivity index (χ0n) is 24.3. The summed E-state index contributed by atoms with van der Waals surface area (Å²) in [6.07, 6.45) is 0. The molecule has 0 aliphatic carbocycles. The van der Waals surface area contributed by atoms with Gasteiger partial charge in [0, 0.05) is 43.6 Å². The highest BCUT2D eigenvalue weighted by Gasteiger charge is 2.22. The van der Waals surface area contributed by atoms with Crippen LogP contribution in [0.25, 0.3) is 88.1 Å². The molecule has 0 radical (unpaired) electrons. The average Bonchev–Trinajstić information content (AvgIpc) is 3.76. The van der Waals surface area contributed by atoms with Crippen molar-refractivity contribution in [1.82, 2.24) is 9.13 Å². The van der Waals surface area contributed by atoms with Gasteiger partial charge in [-0.25, -0.2) is 0 Å². The molecule has 45 heavy (non-hydrogen) atoms. The van der Waals surface area contributed by atoms with Crippen LogP contribution in [0.15, 0.2) is 162 Å². The van der Waals surface area contributed by atoms with Crippen LogP contribution in [0.2, 0.25) is 0 Å². The van der Waals surface area contributed by atoms with Crippen LogP contribution in [0.3, 0.4) is 0 Å². The SMILES string of the molecule is c1ccc(-n2c3ccccc3c3ccc4c(c5ccccc5n4-c4ccccc4-c4ccc5c(c4)oc4ccccc45)c32)cc1. The van der Waals surface area contributed by atoms with Crippen LogP contribution in [0, 0.1) is 0 Å². The van der Waals surface area contributed by atoms with E-state index in [1.807, 2.05) is 12.1 Å². The lowest BCUT2D eigenvalue weighted by molar-refractivity contribution is 0.669. The van der Waals surface area contributed by atoms with Gasteiger partial charge in [0.2, 0.25) is 0 Å². The van der Waals surface area contributed by atoms with Gasteiger partial charge in [0.1, 0.15) is 11.2 Å². The van der Waals surface area contributed by atoms with E-state index >= 15 is 0 Å². The van der Waals surface area contributed by atoms with Gasteiger partial charge in [-0.15, -0.1) is 0 Å². The number of nitrogens with zero attached hydrogens (tertiary/aromatic N) is 2. The maximum Gasteiger partial charge on any atom is 0.136 e. The Morgan fingerprint density at radius 2 is 1.04 bits per heavy atom. The third-order valence-electron chi connectivity index (χ3n) is 9.32. The van der Waals surface area contributed by atoms with Crippen molar-refractivity contribution in [2.24, 2.45) is 0 Å². The molecule has 0 saturated carbocycles. The summed E-state index contributed by atoms with van der Waals surface area (Å²) >= 11 is 0. The van der Waals surface area contributed by atoms with Crippen LogP contribution in [0.5, 0.6) is 0 Å². The van der Waals surface area contributed by atoms with E-state index < -0.39 is 0 Å². The number of furan rings is 1. The van der Waals surface area contributed by atoms with E-state index in [1.165, 1.54) is 43.6 Å². The van der Waals surface area contributed by atoms with Gasteiger partial charge in [-0.2, -0.15) is 0 Å². The number of para-hydroxylation sites is 5. The zero-order valence-corrected chi connectivity index (χ0v) is 24.3. The van der Waals surface area contributed by atoms with Gasteiger partial charge in [-0.05, 0) is 60.2 Å². The molecule has 0 saturated heterocycles. The second-order valence-corrected chi connectivity index (χ2v) is 11.7. The fraction of sp³-hybridized carbons (Fsp3) is 0. The van der Waals surface area contributed by atoms with Crippen molar-refractivity contribution in [3.8, 4) is 22.5 Å². The molecule has 0 atom stereocenters. The third-order valence-corrected chi connectivity index (χ3v) is 9.32. The van der Waals surface area contributed by atoms with E-state index in [1.54, 1.807) is 0 Å². The van der Waals surface area contributed by atoms with Crippen LogP contribution in [-0.2, 0) is 0 Å². The van der Waals surface area contributed by atoms with E-state index in [9.17, 15) is 0 Å². The van der Waals surface area contributed by atoms with E-state index in [4.69, 9.17) is 4.42 Å².